The maximum absolute atomic E-state index is 15.8. The van der Waals surface area contributed by atoms with Crippen molar-refractivity contribution in [3.8, 4) is 0 Å². The van der Waals surface area contributed by atoms with E-state index in [9.17, 15) is 0 Å². The number of rotatable bonds is 6. The van der Waals surface area contributed by atoms with E-state index in [0.29, 0.717) is 28.1 Å². The van der Waals surface area contributed by atoms with Crippen molar-refractivity contribution in [2.45, 2.75) is 16.9 Å². The molecule has 2 aliphatic rings. The molecule has 1 spiro atoms. The molecule has 8 rings (SSSR count). The molecule has 2 heterocycles. The molecule has 1 atom stereocenters. The van der Waals surface area contributed by atoms with Gasteiger partial charge in [0.25, 0.3) is 5.91 Å². The fraction of sp³-hybridized carbons (Fsp3) is 0.0714. The summed E-state index contributed by atoms with van der Waals surface area (Å²) in [5, 5.41) is 0. The number of para-hydroxylation sites is 2. The van der Waals surface area contributed by atoms with Crippen molar-refractivity contribution in [2.75, 3.05) is 9.80 Å². The zero-order valence-corrected chi connectivity index (χ0v) is 25.4. The summed E-state index contributed by atoms with van der Waals surface area (Å²) in [7, 11) is 0. The highest BCUT2D eigenvalue weighted by molar-refractivity contribution is 6.34. The van der Waals surface area contributed by atoms with E-state index in [1.165, 1.54) is 4.90 Å². The SMILES string of the molecule is O=C(C(c1ccccc1)c1ccccc1)N1C(=O)C2(c3ccccc31)N(c1ccccc1)C(=O)C2(c1ccccc1)c1ccccc1. The van der Waals surface area contributed by atoms with E-state index in [1.54, 1.807) is 4.90 Å². The molecule has 0 aliphatic carbocycles. The normalized spacial score (nSPS) is 17.9. The topological polar surface area (TPSA) is 57.7 Å². The molecule has 1 saturated heterocycles. The zero-order chi connectivity index (χ0) is 32.0. The Morgan fingerprint density at radius 3 is 1.43 bits per heavy atom. The monoisotopic (exact) mass is 610 g/mol. The summed E-state index contributed by atoms with van der Waals surface area (Å²) in [6, 6.07) is 54.8. The Balaban J connectivity index is 1.43. The third-order valence-corrected chi connectivity index (χ3v) is 9.61. The lowest BCUT2D eigenvalue weighted by atomic mass is 9.51. The number of nitrogens with zero attached hydrogens (tertiary/aromatic N) is 2. The van der Waals surface area contributed by atoms with Crippen LogP contribution in [0.4, 0.5) is 11.4 Å². The number of amides is 3. The highest BCUT2D eigenvalue weighted by Crippen LogP contribution is 2.66. The van der Waals surface area contributed by atoms with Crippen LogP contribution in [0.1, 0.15) is 33.7 Å². The molecule has 1 unspecified atom stereocenters. The van der Waals surface area contributed by atoms with Crippen molar-refractivity contribution < 1.29 is 14.4 Å². The van der Waals surface area contributed by atoms with Gasteiger partial charge in [-0.3, -0.25) is 19.3 Å². The van der Waals surface area contributed by atoms with Gasteiger partial charge in [-0.05, 0) is 40.5 Å². The van der Waals surface area contributed by atoms with E-state index in [1.807, 2.05) is 176 Å². The van der Waals surface area contributed by atoms with Gasteiger partial charge in [0.2, 0.25) is 11.8 Å². The molecule has 2 aliphatic heterocycles. The van der Waals surface area contributed by atoms with Crippen LogP contribution in [0.5, 0.6) is 0 Å². The number of fused-ring (bicyclic) bond motifs is 2. The number of carbonyl (C=O) groups excluding carboxylic acids is 3. The lowest BCUT2D eigenvalue weighted by Gasteiger charge is -2.62. The molecule has 1 fully saturated rings. The molecule has 3 amide bonds. The van der Waals surface area contributed by atoms with E-state index >= 15 is 14.4 Å². The second kappa shape index (κ2) is 11.1. The number of carbonyl (C=O) groups is 3. The number of hydrogen-bond donors (Lipinski definition) is 0. The van der Waals surface area contributed by atoms with Gasteiger partial charge in [-0.1, -0.05) is 158 Å². The second-order valence-electron chi connectivity index (χ2n) is 11.9. The Morgan fingerprint density at radius 2 is 0.915 bits per heavy atom. The van der Waals surface area contributed by atoms with Gasteiger partial charge in [0.1, 0.15) is 5.41 Å². The number of benzene rings is 6. The van der Waals surface area contributed by atoms with Gasteiger partial charge in [0.15, 0.2) is 5.54 Å². The first-order chi connectivity index (χ1) is 23.1. The van der Waals surface area contributed by atoms with Crippen LogP contribution in [0, 0.1) is 0 Å². The predicted octanol–water partition coefficient (Wildman–Crippen LogP) is 7.62. The molecular formula is C42H30N2O3. The third kappa shape index (κ3) is 3.86. The van der Waals surface area contributed by atoms with Crippen molar-refractivity contribution >= 4 is 29.1 Å². The van der Waals surface area contributed by atoms with Crippen molar-refractivity contribution in [3.05, 3.63) is 204 Å². The van der Waals surface area contributed by atoms with Gasteiger partial charge in [0.05, 0.1) is 11.6 Å². The molecule has 5 nitrogen and oxygen atoms in total. The largest absolute Gasteiger partial charge is 0.290 e. The van der Waals surface area contributed by atoms with Crippen LogP contribution < -0.4 is 9.80 Å². The molecule has 0 saturated carbocycles. The van der Waals surface area contributed by atoms with Crippen LogP contribution in [0.3, 0.4) is 0 Å². The molecule has 0 bridgehead atoms. The standard InChI is InChI=1S/C42H30N2O3/c45-38(37(30-18-6-1-7-19-30)31-20-8-2-9-21-31)43-36-29-17-16-28-35(36)42(40(43)47)41(32-22-10-3-11-23-32,33-24-12-4-13-25-33)39(46)44(42)34-26-14-5-15-27-34/h1-29,37H. The third-order valence-electron chi connectivity index (χ3n) is 9.61. The van der Waals surface area contributed by atoms with Crippen molar-refractivity contribution in [1.29, 1.82) is 0 Å². The minimum atomic E-state index is -1.60. The highest BCUT2D eigenvalue weighted by Gasteiger charge is 2.81. The Morgan fingerprint density at radius 1 is 0.489 bits per heavy atom. The first kappa shape index (κ1) is 28.4. The fourth-order valence-corrected chi connectivity index (χ4v) is 7.74. The molecule has 226 valence electrons. The van der Waals surface area contributed by atoms with E-state index < -0.39 is 22.8 Å². The average molecular weight is 611 g/mol. The number of hydrogen-bond acceptors (Lipinski definition) is 3. The molecule has 6 aromatic rings. The van der Waals surface area contributed by atoms with Crippen LogP contribution in [-0.2, 0) is 25.3 Å². The molecule has 6 aromatic carbocycles. The van der Waals surface area contributed by atoms with E-state index in [0.717, 1.165) is 11.1 Å². The van der Waals surface area contributed by atoms with Gasteiger partial charge in [-0.15, -0.1) is 0 Å². The quantitative estimate of drug-likeness (QED) is 0.182. The molecule has 47 heavy (non-hydrogen) atoms. The summed E-state index contributed by atoms with van der Waals surface area (Å²) in [6.45, 7) is 0. The first-order valence-electron chi connectivity index (χ1n) is 15.7. The van der Waals surface area contributed by atoms with Gasteiger partial charge in [-0.25, -0.2) is 4.90 Å². The Kier molecular flexibility index (Phi) is 6.69. The number of imide groups is 1. The summed E-state index contributed by atoms with van der Waals surface area (Å²) in [5.41, 5.74) is 1.53. The maximum Gasteiger partial charge on any atom is 0.266 e. The molecular weight excluding hydrogens is 580 g/mol. The van der Waals surface area contributed by atoms with Crippen LogP contribution in [0.15, 0.2) is 176 Å². The summed E-state index contributed by atoms with van der Waals surface area (Å²) in [6.07, 6.45) is 0. The van der Waals surface area contributed by atoms with Gasteiger partial charge < -0.3 is 0 Å². The van der Waals surface area contributed by atoms with Crippen LogP contribution in [0.2, 0.25) is 0 Å². The summed E-state index contributed by atoms with van der Waals surface area (Å²) < 4.78 is 0. The Hall–Kier alpha value is -6.07. The van der Waals surface area contributed by atoms with Crippen molar-refractivity contribution in [2.24, 2.45) is 0 Å². The smallest absolute Gasteiger partial charge is 0.266 e. The predicted molar refractivity (Wildman–Crippen MR) is 183 cm³/mol. The van der Waals surface area contributed by atoms with Crippen LogP contribution in [0.25, 0.3) is 0 Å². The Labute approximate surface area is 273 Å². The van der Waals surface area contributed by atoms with E-state index in [2.05, 4.69) is 0 Å². The first-order valence-corrected chi connectivity index (χ1v) is 15.7. The lowest BCUT2D eigenvalue weighted by Crippen LogP contribution is -2.82. The van der Waals surface area contributed by atoms with E-state index in [-0.39, 0.29) is 11.8 Å². The van der Waals surface area contributed by atoms with E-state index in [4.69, 9.17) is 0 Å². The van der Waals surface area contributed by atoms with Gasteiger partial charge in [0, 0.05) is 11.3 Å². The van der Waals surface area contributed by atoms with Crippen molar-refractivity contribution in [3.63, 3.8) is 0 Å². The minimum absolute atomic E-state index is 0.235. The molecule has 5 heteroatoms. The van der Waals surface area contributed by atoms with Gasteiger partial charge >= 0.3 is 0 Å². The minimum Gasteiger partial charge on any atom is -0.290 e. The fourth-order valence-electron chi connectivity index (χ4n) is 7.74. The van der Waals surface area contributed by atoms with Crippen LogP contribution >= 0.6 is 0 Å². The Bertz CT molecular complexity index is 2020. The summed E-state index contributed by atoms with van der Waals surface area (Å²) in [4.78, 5) is 49.0. The number of anilines is 2. The molecule has 0 radical (unpaired) electrons. The highest BCUT2D eigenvalue weighted by atomic mass is 16.2. The molecule has 0 aromatic heterocycles. The zero-order valence-electron chi connectivity index (χ0n) is 25.4. The summed E-state index contributed by atoms with van der Waals surface area (Å²) >= 11 is 0. The van der Waals surface area contributed by atoms with Crippen molar-refractivity contribution in [1.82, 2.24) is 0 Å². The average Bonchev–Trinajstić information content (AvgIpc) is 3.40. The van der Waals surface area contributed by atoms with Crippen LogP contribution in [-0.4, -0.2) is 17.7 Å². The summed E-state index contributed by atoms with van der Waals surface area (Å²) in [5.74, 6) is -1.83. The van der Waals surface area contributed by atoms with Gasteiger partial charge in [-0.2, -0.15) is 0 Å². The molecule has 0 N–H and O–H groups in total. The number of β-lactam (4-membered cyclic amide) rings is 1. The maximum atomic E-state index is 15.8. The second-order valence-corrected chi connectivity index (χ2v) is 11.9. The lowest BCUT2D eigenvalue weighted by molar-refractivity contribution is -0.147.